The minimum Gasteiger partial charge on any atom is -0.508 e. The highest BCUT2D eigenvalue weighted by molar-refractivity contribution is 5.98. The van der Waals surface area contributed by atoms with Crippen molar-refractivity contribution in [2.24, 2.45) is 11.8 Å². The zero-order valence-electron chi connectivity index (χ0n) is 11.9. The number of carbonyl (C=O) groups excluding carboxylic acids is 1. The van der Waals surface area contributed by atoms with E-state index in [1.54, 1.807) is 6.07 Å². The van der Waals surface area contributed by atoms with Crippen LogP contribution in [-0.2, 0) is 0 Å². The molecular formula is C17H21FO2. The van der Waals surface area contributed by atoms with Crippen molar-refractivity contribution in [3.63, 3.8) is 0 Å². The van der Waals surface area contributed by atoms with Gasteiger partial charge in [-0.2, -0.15) is 0 Å². The summed E-state index contributed by atoms with van der Waals surface area (Å²) >= 11 is 0. The van der Waals surface area contributed by atoms with E-state index in [-0.39, 0.29) is 23.0 Å². The molecule has 20 heavy (non-hydrogen) atoms. The summed E-state index contributed by atoms with van der Waals surface area (Å²) in [6.45, 7) is 2.10. The van der Waals surface area contributed by atoms with Crippen LogP contribution in [0.1, 0.15) is 67.3 Å². The van der Waals surface area contributed by atoms with Crippen LogP contribution < -0.4 is 0 Å². The van der Waals surface area contributed by atoms with Crippen LogP contribution in [0.2, 0.25) is 0 Å². The number of halogens is 1. The molecule has 1 aromatic carbocycles. The topological polar surface area (TPSA) is 37.3 Å². The molecule has 0 saturated heterocycles. The van der Waals surface area contributed by atoms with Gasteiger partial charge in [-0.15, -0.1) is 0 Å². The van der Waals surface area contributed by atoms with Crippen molar-refractivity contribution in [3.05, 3.63) is 29.1 Å². The highest BCUT2D eigenvalue weighted by Crippen LogP contribution is 2.45. The molecule has 2 nitrogen and oxygen atoms in total. The maximum atomic E-state index is 14.1. The number of phenols is 1. The molecule has 1 N–H and O–H groups in total. The predicted octanol–water partition coefficient (Wildman–Crippen LogP) is 4.42. The second kappa shape index (κ2) is 5.19. The monoisotopic (exact) mass is 276 g/mol. The van der Waals surface area contributed by atoms with Crippen molar-refractivity contribution in [1.82, 2.24) is 0 Å². The van der Waals surface area contributed by atoms with Gasteiger partial charge in [-0.1, -0.05) is 19.8 Å². The first-order valence-corrected chi connectivity index (χ1v) is 7.68. The first-order chi connectivity index (χ1) is 9.61. The summed E-state index contributed by atoms with van der Waals surface area (Å²) in [4.78, 5) is 12.6. The fraction of sp³-hybridized carbons (Fsp3) is 0.588. The maximum Gasteiger partial charge on any atom is 0.169 e. The Kier molecular flexibility index (Phi) is 3.53. The van der Waals surface area contributed by atoms with Crippen molar-refractivity contribution >= 4 is 5.78 Å². The van der Waals surface area contributed by atoms with Gasteiger partial charge in [-0.3, -0.25) is 4.79 Å². The van der Waals surface area contributed by atoms with Crippen molar-refractivity contribution in [3.8, 4) is 5.75 Å². The molecule has 0 spiro atoms. The Hall–Kier alpha value is -1.38. The Labute approximate surface area is 119 Å². The molecule has 1 aromatic rings. The van der Waals surface area contributed by atoms with Crippen LogP contribution in [0.4, 0.5) is 4.39 Å². The van der Waals surface area contributed by atoms with Gasteiger partial charge in [0.1, 0.15) is 11.6 Å². The third kappa shape index (κ3) is 2.34. The van der Waals surface area contributed by atoms with Crippen molar-refractivity contribution in [2.45, 2.75) is 51.4 Å². The molecule has 0 radical (unpaired) electrons. The quantitative estimate of drug-likeness (QED) is 0.827. The Bertz CT molecular complexity index is 534. The molecule has 2 unspecified atom stereocenters. The van der Waals surface area contributed by atoms with Gasteiger partial charge >= 0.3 is 0 Å². The summed E-state index contributed by atoms with van der Waals surface area (Å²) in [7, 11) is 0. The molecule has 0 aromatic heterocycles. The van der Waals surface area contributed by atoms with Gasteiger partial charge in [0.15, 0.2) is 5.78 Å². The highest BCUT2D eigenvalue weighted by atomic mass is 19.1. The zero-order chi connectivity index (χ0) is 14.3. The average molecular weight is 276 g/mol. The molecule has 0 heterocycles. The Morgan fingerprint density at radius 2 is 2.05 bits per heavy atom. The van der Waals surface area contributed by atoms with E-state index < -0.39 is 5.82 Å². The Morgan fingerprint density at radius 3 is 2.70 bits per heavy atom. The van der Waals surface area contributed by atoms with Crippen molar-refractivity contribution in [2.75, 3.05) is 0 Å². The Morgan fingerprint density at radius 1 is 1.30 bits per heavy atom. The molecular weight excluding hydrogens is 255 g/mol. The van der Waals surface area contributed by atoms with Gasteiger partial charge in [0.2, 0.25) is 0 Å². The number of rotatable bonds is 4. The predicted molar refractivity (Wildman–Crippen MR) is 75.5 cm³/mol. The lowest BCUT2D eigenvalue weighted by Gasteiger charge is -2.18. The number of aromatic hydroxyl groups is 1. The summed E-state index contributed by atoms with van der Waals surface area (Å²) < 4.78 is 14.1. The number of hydrogen-bond donors (Lipinski definition) is 1. The molecule has 2 saturated carbocycles. The minimum absolute atomic E-state index is 0.0000125. The standard InChI is InChI=1S/C17H21FO2/c1-2-10-4-3-5-12(10)17(20)14-8-13(11-6-7-11)16(19)9-15(14)18/h8-12,19H,2-7H2,1H3. The third-order valence-corrected chi connectivity index (χ3v) is 4.92. The van der Waals surface area contributed by atoms with Gasteiger partial charge in [0.05, 0.1) is 5.56 Å². The summed E-state index contributed by atoms with van der Waals surface area (Å²) in [6.07, 6.45) is 6.02. The average Bonchev–Trinajstić information content (AvgIpc) is 3.15. The molecule has 0 amide bonds. The number of ketones is 1. The summed E-state index contributed by atoms with van der Waals surface area (Å²) in [5.74, 6) is 0.0336. The zero-order valence-corrected chi connectivity index (χ0v) is 11.9. The first-order valence-electron chi connectivity index (χ1n) is 7.68. The molecule has 0 aliphatic heterocycles. The van der Waals surface area contributed by atoms with Gasteiger partial charge in [-0.25, -0.2) is 4.39 Å². The van der Waals surface area contributed by atoms with Crippen LogP contribution in [-0.4, -0.2) is 10.9 Å². The number of phenolic OH excluding ortho intramolecular Hbond substituents is 1. The third-order valence-electron chi connectivity index (χ3n) is 4.92. The van der Waals surface area contributed by atoms with E-state index in [0.29, 0.717) is 11.8 Å². The fourth-order valence-corrected chi connectivity index (χ4v) is 3.56. The maximum absolute atomic E-state index is 14.1. The number of benzene rings is 1. The molecule has 3 rings (SSSR count). The number of hydrogen-bond acceptors (Lipinski definition) is 2. The molecule has 2 aliphatic rings. The normalized spacial score (nSPS) is 25.9. The van der Waals surface area contributed by atoms with Gasteiger partial charge in [0.25, 0.3) is 0 Å². The summed E-state index contributed by atoms with van der Waals surface area (Å²) in [5, 5.41) is 9.82. The lowest BCUT2D eigenvalue weighted by molar-refractivity contribution is 0.0885. The second-order valence-corrected chi connectivity index (χ2v) is 6.24. The van der Waals surface area contributed by atoms with Gasteiger partial charge in [-0.05, 0) is 49.1 Å². The molecule has 108 valence electrons. The van der Waals surface area contributed by atoms with E-state index >= 15 is 0 Å². The van der Waals surface area contributed by atoms with E-state index in [1.807, 2.05) is 0 Å². The lowest BCUT2D eigenvalue weighted by Crippen LogP contribution is -2.20. The lowest BCUT2D eigenvalue weighted by atomic mass is 9.86. The first kappa shape index (κ1) is 13.6. The fourth-order valence-electron chi connectivity index (χ4n) is 3.56. The second-order valence-electron chi connectivity index (χ2n) is 6.24. The minimum atomic E-state index is -0.571. The molecule has 2 fully saturated rings. The highest BCUT2D eigenvalue weighted by Gasteiger charge is 2.35. The van der Waals surface area contributed by atoms with E-state index in [4.69, 9.17) is 0 Å². The van der Waals surface area contributed by atoms with Crippen molar-refractivity contribution in [1.29, 1.82) is 0 Å². The molecule has 2 atom stereocenters. The van der Waals surface area contributed by atoms with E-state index in [9.17, 15) is 14.3 Å². The number of carbonyl (C=O) groups is 1. The molecule has 2 aliphatic carbocycles. The number of Topliss-reactive ketones (excluding diaryl/α,β-unsaturated/α-hetero) is 1. The van der Waals surface area contributed by atoms with Gasteiger partial charge in [0, 0.05) is 12.0 Å². The summed E-state index contributed by atoms with van der Waals surface area (Å²) in [5.41, 5.74) is 0.941. The van der Waals surface area contributed by atoms with Gasteiger partial charge < -0.3 is 5.11 Å². The van der Waals surface area contributed by atoms with Crippen molar-refractivity contribution < 1.29 is 14.3 Å². The molecule has 0 bridgehead atoms. The van der Waals surface area contributed by atoms with Crippen LogP contribution >= 0.6 is 0 Å². The largest absolute Gasteiger partial charge is 0.508 e. The SMILES string of the molecule is CCC1CCCC1C(=O)c1cc(C2CC2)c(O)cc1F. The Balaban J connectivity index is 1.92. The van der Waals surface area contributed by atoms with Crippen LogP contribution in [0.5, 0.6) is 5.75 Å². The van der Waals surface area contributed by atoms with E-state index in [0.717, 1.165) is 50.2 Å². The van der Waals surface area contributed by atoms with E-state index in [1.165, 1.54) is 0 Å². The van der Waals surface area contributed by atoms with E-state index in [2.05, 4.69) is 6.92 Å². The van der Waals surface area contributed by atoms with Crippen LogP contribution in [0, 0.1) is 17.7 Å². The summed E-state index contributed by atoms with van der Waals surface area (Å²) in [6, 6.07) is 2.73. The van der Waals surface area contributed by atoms with Crippen LogP contribution in [0.25, 0.3) is 0 Å². The smallest absolute Gasteiger partial charge is 0.169 e. The van der Waals surface area contributed by atoms with Crippen LogP contribution in [0.15, 0.2) is 12.1 Å². The van der Waals surface area contributed by atoms with Crippen LogP contribution in [0.3, 0.4) is 0 Å². The molecule has 3 heteroatoms.